The molecule has 4 N–H and O–H groups in total. The largest absolute Gasteiger partial charge is 0.394 e. The Morgan fingerprint density at radius 1 is 1.17 bits per heavy atom. The minimum atomic E-state index is -1.25. The molecule has 0 aliphatic heterocycles. The van der Waals surface area contributed by atoms with Gasteiger partial charge in [-0.1, -0.05) is 56.3 Å². The maximum atomic E-state index is 9.48. The SMILES string of the molecule is CCCCCCCN(C)c1ccc(CCC(N)(CO)C(O)Cl)cc1. The van der Waals surface area contributed by atoms with E-state index in [0.29, 0.717) is 12.8 Å². The lowest BCUT2D eigenvalue weighted by atomic mass is 9.93. The highest BCUT2D eigenvalue weighted by Crippen LogP contribution is 2.20. The molecule has 0 radical (unpaired) electrons. The van der Waals surface area contributed by atoms with E-state index in [1.54, 1.807) is 0 Å². The normalized spacial score (nSPS) is 15.1. The molecule has 1 aromatic rings. The number of aliphatic hydroxyl groups excluding tert-OH is 2. The molecular weight excluding hydrogens is 324 g/mol. The Balaban J connectivity index is 2.44. The van der Waals surface area contributed by atoms with Gasteiger partial charge in [0, 0.05) is 19.3 Å². The summed E-state index contributed by atoms with van der Waals surface area (Å²) in [6, 6.07) is 8.36. The van der Waals surface area contributed by atoms with E-state index in [4.69, 9.17) is 17.3 Å². The lowest BCUT2D eigenvalue weighted by Crippen LogP contribution is -2.52. The number of hydrogen-bond donors (Lipinski definition) is 3. The highest BCUT2D eigenvalue weighted by Gasteiger charge is 2.31. The van der Waals surface area contributed by atoms with Crippen LogP contribution in [0.1, 0.15) is 51.0 Å². The van der Waals surface area contributed by atoms with Crippen LogP contribution >= 0.6 is 11.6 Å². The van der Waals surface area contributed by atoms with Gasteiger partial charge in [-0.3, -0.25) is 0 Å². The molecular formula is C19H33ClN2O2. The summed E-state index contributed by atoms with van der Waals surface area (Å²) in [6.07, 6.45) is 7.53. The standard InChI is InChI=1S/C19H33ClN2O2/c1-3-4-5-6-7-14-22(2)17-10-8-16(9-11-17)12-13-19(21,15-23)18(20)24/h8-11,18,23-24H,3-7,12-15,21H2,1-2H3. The first-order chi connectivity index (χ1) is 11.4. The van der Waals surface area contributed by atoms with Crippen molar-refractivity contribution in [3.63, 3.8) is 0 Å². The number of nitrogens with two attached hydrogens (primary N) is 1. The van der Waals surface area contributed by atoms with Crippen molar-refractivity contribution in [3.8, 4) is 0 Å². The Kier molecular flexibility index (Phi) is 9.67. The van der Waals surface area contributed by atoms with Gasteiger partial charge in [-0.2, -0.15) is 0 Å². The van der Waals surface area contributed by atoms with Crippen LogP contribution in [-0.2, 0) is 6.42 Å². The summed E-state index contributed by atoms with van der Waals surface area (Å²) >= 11 is 5.66. The maximum Gasteiger partial charge on any atom is 0.148 e. The average Bonchev–Trinajstić information content (AvgIpc) is 2.59. The minimum absolute atomic E-state index is 0.337. The maximum absolute atomic E-state index is 9.48. The highest BCUT2D eigenvalue weighted by molar-refractivity contribution is 6.20. The number of rotatable bonds is 12. The van der Waals surface area contributed by atoms with Crippen molar-refractivity contribution in [2.45, 2.75) is 63.0 Å². The Labute approximate surface area is 151 Å². The molecule has 138 valence electrons. The van der Waals surface area contributed by atoms with E-state index in [-0.39, 0.29) is 6.61 Å². The molecule has 24 heavy (non-hydrogen) atoms. The first-order valence-electron chi connectivity index (χ1n) is 8.95. The molecule has 0 aliphatic carbocycles. The zero-order valence-corrected chi connectivity index (χ0v) is 15.8. The first-order valence-corrected chi connectivity index (χ1v) is 9.38. The van der Waals surface area contributed by atoms with Crippen molar-refractivity contribution in [1.82, 2.24) is 0 Å². The van der Waals surface area contributed by atoms with Crippen molar-refractivity contribution in [1.29, 1.82) is 0 Å². The molecule has 0 spiro atoms. The molecule has 0 heterocycles. The third-order valence-electron chi connectivity index (χ3n) is 4.62. The number of hydrogen-bond acceptors (Lipinski definition) is 4. The summed E-state index contributed by atoms with van der Waals surface area (Å²) in [6.45, 7) is 2.96. The molecule has 0 saturated heterocycles. The van der Waals surface area contributed by atoms with Crippen LogP contribution < -0.4 is 10.6 Å². The monoisotopic (exact) mass is 356 g/mol. The van der Waals surface area contributed by atoms with Crippen LogP contribution in [-0.4, -0.2) is 41.5 Å². The van der Waals surface area contributed by atoms with Crippen LogP contribution in [0.4, 0.5) is 5.69 Å². The van der Waals surface area contributed by atoms with Gasteiger partial charge in [0.05, 0.1) is 12.1 Å². The van der Waals surface area contributed by atoms with Gasteiger partial charge < -0.3 is 20.8 Å². The topological polar surface area (TPSA) is 69.7 Å². The Morgan fingerprint density at radius 2 is 1.79 bits per heavy atom. The number of aryl methyl sites for hydroxylation is 1. The molecule has 0 saturated carbocycles. The van der Waals surface area contributed by atoms with Crippen LogP contribution in [0, 0.1) is 0 Å². The van der Waals surface area contributed by atoms with Gasteiger partial charge in [0.15, 0.2) is 0 Å². The fraction of sp³-hybridized carbons (Fsp3) is 0.684. The molecule has 2 atom stereocenters. The van der Waals surface area contributed by atoms with Crippen LogP contribution in [0.2, 0.25) is 0 Å². The number of anilines is 1. The quantitative estimate of drug-likeness (QED) is 0.397. The number of halogens is 1. The molecule has 2 unspecified atom stereocenters. The molecule has 0 aromatic heterocycles. The van der Waals surface area contributed by atoms with Gasteiger partial charge >= 0.3 is 0 Å². The Hall–Kier alpha value is -0.810. The van der Waals surface area contributed by atoms with Crippen LogP contribution in [0.3, 0.4) is 0 Å². The number of aliphatic hydroxyl groups is 2. The molecule has 4 nitrogen and oxygen atoms in total. The minimum Gasteiger partial charge on any atom is -0.394 e. The van der Waals surface area contributed by atoms with E-state index in [9.17, 15) is 10.2 Å². The summed E-state index contributed by atoms with van der Waals surface area (Å²) in [5.74, 6) is 0. The Morgan fingerprint density at radius 3 is 2.33 bits per heavy atom. The fourth-order valence-electron chi connectivity index (χ4n) is 2.65. The number of nitrogens with zero attached hydrogens (tertiary/aromatic N) is 1. The lowest BCUT2D eigenvalue weighted by Gasteiger charge is -2.28. The van der Waals surface area contributed by atoms with Gasteiger partial charge in [0.1, 0.15) is 5.56 Å². The molecule has 1 rings (SSSR count). The predicted octanol–water partition coefficient (Wildman–Crippen LogP) is 3.27. The fourth-order valence-corrected chi connectivity index (χ4v) is 2.83. The summed E-state index contributed by atoms with van der Waals surface area (Å²) in [4.78, 5) is 2.28. The molecule has 0 aliphatic rings. The van der Waals surface area contributed by atoms with Crippen molar-refractivity contribution in [2.24, 2.45) is 5.73 Å². The Bertz CT molecular complexity index is 453. The van der Waals surface area contributed by atoms with Gasteiger partial charge in [-0.25, -0.2) is 0 Å². The zero-order valence-electron chi connectivity index (χ0n) is 15.0. The van der Waals surface area contributed by atoms with Crippen LogP contribution in [0.5, 0.6) is 0 Å². The summed E-state index contributed by atoms with van der Waals surface area (Å²) in [5, 5.41) is 18.8. The molecule has 5 heteroatoms. The number of unbranched alkanes of at least 4 members (excludes halogenated alkanes) is 4. The third kappa shape index (κ3) is 6.98. The molecule has 0 bridgehead atoms. The third-order valence-corrected chi connectivity index (χ3v) is 5.06. The van der Waals surface area contributed by atoms with Gasteiger partial charge in [-0.05, 0) is 37.0 Å². The highest BCUT2D eigenvalue weighted by atomic mass is 35.5. The number of alkyl halides is 1. The van der Waals surface area contributed by atoms with Crippen molar-refractivity contribution in [3.05, 3.63) is 29.8 Å². The molecule has 0 fully saturated rings. The summed E-state index contributed by atoms with van der Waals surface area (Å²) in [7, 11) is 2.12. The van der Waals surface area contributed by atoms with E-state index < -0.39 is 11.1 Å². The lowest BCUT2D eigenvalue weighted by molar-refractivity contribution is 0.0887. The van der Waals surface area contributed by atoms with Gasteiger partial charge in [0.2, 0.25) is 0 Å². The van der Waals surface area contributed by atoms with Crippen molar-refractivity contribution < 1.29 is 10.2 Å². The summed E-state index contributed by atoms with van der Waals surface area (Å²) in [5.41, 5.74) is 5.83. The molecule has 1 aromatic carbocycles. The second kappa shape index (κ2) is 10.9. The second-order valence-electron chi connectivity index (χ2n) is 6.73. The van der Waals surface area contributed by atoms with Gasteiger partial charge in [-0.15, -0.1) is 0 Å². The van der Waals surface area contributed by atoms with E-state index in [1.807, 2.05) is 0 Å². The van der Waals surface area contributed by atoms with E-state index in [0.717, 1.165) is 12.1 Å². The predicted molar refractivity (Wildman–Crippen MR) is 103 cm³/mol. The smallest absolute Gasteiger partial charge is 0.148 e. The van der Waals surface area contributed by atoms with Crippen molar-refractivity contribution in [2.75, 3.05) is 25.1 Å². The van der Waals surface area contributed by atoms with Crippen LogP contribution in [0.15, 0.2) is 24.3 Å². The van der Waals surface area contributed by atoms with E-state index in [1.165, 1.54) is 37.8 Å². The number of benzene rings is 1. The summed E-state index contributed by atoms with van der Waals surface area (Å²) < 4.78 is 0. The molecule has 0 amide bonds. The van der Waals surface area contributed by atoms with Gasteiger partial charge in [0.25, 0.3) is 0 Å². The van der Waals surface area contributed by atoms with Crippen LogP contribution in [0.25, 0.3) is 0 Å². The zero-order chi connectivity index (χ0) is 18.0. The first kappa shape index (κ1) is 21.2. The average molecular weight is 357 g/mol. The second-order valence-corrected chi connectivity index (χ2v) is 7.14. The van der Waals surface area contributed by atoms with Crippen molar-refractivity contribution >= 4 is 17.3 Å². The van der Waals surface area contributed by atoms with E-state index in [2.05, 4.69) is 43.1 Å². The van der Waals surface area contributed by atoms with E-state index >= 15 is 0 Å².